The molecule has 1 aliphatic rings. The van der Waals surface area contributed by atoms with Crippen LogP contribution in [0.5, 0.6) is 0 Å². The lowest BCUT2D eigenvalue weighted by atomic mass is 10.2. The molecular weight excluding hydrogens is 250 g/mol. The lowest BCUT2D eigenvalue weighted by Gasteiger charge is -2.16. The predicted molar refractivity (Wildman–Crippen MR) is 72.2 cm³/mol. The molecule has 1 atom stereocenters. The number of hydrogen-bond donors (Lipinski definition) is 3. The van der Waals surface area contributed by atoms with Crippen LogP contribution in [-0.4, -0.2) is 34.1 Å². The van der Waals surface area contributed by atoms with Crippen molar-refractivity contribution in [3.63, 3.8) is 0 Å². The Labute approximate surface area is 108 Å². The maximum Gasteiger partial charge on any atom is 0.242 e. The summed E-state index contributed by atoms with van der Waals surface area (Å²) in [6, 6.07) is 7.31. The Morgan fingerprint density at radius 2 is 2.17 bits per heavy atom. The molecule has 3 N–H and O–H groups in total. The van der Waals surface area contributed by atoms with Gasteiger partial charge in [0.1, 0.15) is 4.90 Å². The largest absolute Gasteiger partial charge is 0.380 e. The SMILES string of the molecule is CCNS(=O)(=O)c1ccccc1NC1CCNC1. The lowest BCUT2D eigenvalue weighted by Crippen LogP contribution is -2.27. The average Bonchev–Trinajstić information content (AvgIpc) is 2.82. The number of rotatable bonds is 5. The molecular formula is C12H19N3O2S. The van der Waals surface area contributed by atoms with Gasteiger partial charge < -0.3 is 10.6 Å². The van der Waals surface area contributed by atoms with Crippen LogP contribution in [0, 0.1) is 0 Å². The molecule has 100 valence electrons. The highest BCUT2D eigenvalue weighted by Gasteiger charge is 2.20. The second kappa shape index (κ2) is 5.69. The summed E-state index contributed by atoms with van der Waals surface area (Å²) in [6.07, 6.45) is 1.01. The van der Waals surface area contributed by atoms with Crippen LogP contribution >= 0.6 is 0 Å². The fraction of sp³-hybridized carbons (Fsp3) is 0.500. The predicted octanol–water partition coefficient (Wildman–Crippen LogP) is 0.759. The minimum Gasteiger partial charge on any atom is -0.380 e. The van der Waals surface area contributed by atoms with E-state index >= 15 is 0 Å². The second-order valence-electron chi connectivity index (χ2n) is 4.33. The van der Waals surface area contributed by atoms with E-state index in [0.717, 1.165) is 19.5 Å². The Balaban J connectivity index is 2.24. The molecule has 0 saturated carbocycles. The molecule has 1 aromatic rings. The number of hydrogen-bond acceptors (Lipinski definition) is 4. The van der Waals surface area contributed by atoms with E-state index in [1.54, 1.807) is 19.1 Å². The van der Waals surface area contributed by atoms with Crippen LogP contribution in [0.1, 0.15) is 13.3 Å². The smallest absolute Gasteiger partial charge is 0.242 e. The van der Waals surface area contributed by atoms with Crippen LogP contribution in [0.3, 0.4) is 0 Å². The van der Waals surface area contributed by atoms with Gasteiger partial charge in [-0.1, -0.05) is 19.1 Å². The second-order valence-corrected chi connectivity index (χ2v) is 6.07. The van der Waals surface area contributed by atoms with E-state index in [-0.39, 0.29) is 0 Å². The van der Waals surface area contributed by atoms with Crippen molar-refractivity contribution in [1.82, 2.24) is 10.0 Å². The molecule has 1 saturated heterocycles. The van der Waals surface area contributed by atoms with E-state index in [4.69, 9.17) is 0 Å². The van der Waals surface area contributed by atoms with Crippen molar-refractivity contribution in [1.29, 1.82) is 0 Å². The average molecular weight is 269 g/mol. The molecule has 5 nitrogen and oxygen atoms in total. The van der Waals surface area contributed by atoms with Crippen molar-refractivity contribution in [2.24, 2.45) is 0 Å². The molecule has 0 aromatic heterocycles. The zero-order valence-corrected chi connectivity index (χ0v) is 11.3. The van der Waals surface area contributed by atoms with Crippen molar-refractivity contribution in [3.8, 4) is 0 Å². The summed E-state index contributed by atoms with van der Waals surface area (Å²) in [7, 11) is -3.42. The van der Waals surface area contributed by atoms with Gasteiger partial charge in [-0.3, -0.25) is 0 Å². The first-order valence-corrected chi connectivity index (χ1v) is 7.68. The molecule has 6 heteroatoms. The summed E-state index contributed by atoms with van der Waals surface area (Å²) in [6.45, 7) is 4.01. The highest BCUT2D eigenvalue weighted by Crippen LogP contribution is 2.22. The van der Waals surface area contributed by atoms with Crippen molar-refractivity contribution in [2.75, 3.05) is 25.0 Å². The zero-order valence-electron chi connectivity index (χ0n) is 10.4. The number of anilines is 1. The van der Waals surface area contributed by atoms with Gasteiger partial charge in [0, 0.05) is 19.1 Å². The van der Waals surface area contributed by atoms with Gasteiger partial charge in [-0.2, -0.15) is 0 Å². The summed E-state index contributed by atoms with van der Waals surface area (Å²) in [4.78, 5) is 0.318. The molecule has 1 heterocycles. The van der Waals surface area contributed by atoms with Gasteiger partial charge in [-0.25, -0.2) is 13.1 Å². The van der Waals surface area contributed by atoms with Crippen LogP contribution in [0.2, 0.25) is 0 Å². The molecule has 0 amide bonds. The minimum absolute atomic E-state index is 0.294. The first kappa shape index (κ1) is 13.3. The van der Waals surface area contributed by atoms with E-state index in [1.165, 1.54) is 0 Å². The monoisotopic (exact) mass is 269 g/mol. The Kier molecular flexibility index (Phi) is 4.21. The quantitative estimate of drug-likeness (QED) is 0.738. The third-order valence-corrected chi connectivity index (χ3v) is 4.53. The van der Waals surface area contributed by atoms with Gasteiger partial charge in [0.15, 0.2) is 0 Å². The maximum absolute atomic E-state index is 12.1. The van der Waals surface area contributed by atoms with Gasteiger partial charge >= 0.3 is 0 Å². The lowest BCUT2D eigenvalue weighted by molar-refractivity contribution is 0.584. The first-order chi connectivity index (χ1) is 8.63. The fourth-order valence-corrected chi connectivity index (χ4v) is 3.30. The third kappa shape index (κ3) is 3.01. The molecule has 1 aromatic carbocycles. The van der Waals surface area contributed by atoms with Crippen molar-refractivity contribution < 1.29 is 8.42 Å². The minimum atomic E-state index is -3.42. The number of para-hydroxylation sites is 1. The molecule has 1 unspecified atom stereocenters. The first-order valence-electron chi connectivity index (χ1n) is 6.19. The van der Waals surface area contributed by atoms with E-state index in [0.29, 0.717) is 23.2 Å². The maximum atomic E-state index is 12.1. The topological polar surface area (TPSA) is 70.2 Å². The Bertz CT molecular complexity index is 496. The van der Waals surface area contributed by atoms with Gasteiger partial charge in [-0.05, 0) is 25.1 Å². The summed E-state index contributed by atoms with van der Waals surface area (Å²) >= 11 is 0. The van der Waals surface area contributed by atoms with Gasteiger partial charge in [0.05, 0.1) is 5.69 Å². The Morgan fingerprint density at radius 3 is 2.83 bits per heavy atom. The Hall–Kier alpha value is -1.11. The van der Waals surface area contributed by atoms with Gasteiger partial charge in [0.25, 0.3) is 0 Å². The van der Waals surface area contributed by atoms with E-state index < -0.39 is 10.0 Å². The molecule has 1 aliphatic heterocycles. The summed E-state index contributed by atoms with van der Waals surface area (Å²) in [5, 5.41) is 6.54. The molecule has 0 aliphatic carbocycles. The van der Waals surface area contributed by atoms with E-state index in [2.05, 4.69) is 15.4 Å². The van der Waals surface area contributed by atoms with Gasteiger partial charge in [-0.15, -0.1) is 0 Å². The van der Waals surface area contributed by atoms with Crippen molar-refractivity contribution in [2.45, 2.75) is 24.3 Å². The standard InChI is InChI=1S/C12H19N3O2S/c1-2-14-18(16,17)12-6-4-3-5-11(12)15-10-7-8-13-9-10/h3-6,10,13-15H,2,7-9H2,1H3. The van der Waals surface area contributed by atoms with Crippen LogP contribution in [0.25, 0.3) is 0 Å². The fourth-order valence-electron chi connectivity index (χ4n) is 2.09. The van der Waals surface area contributed by atoms with Crippen molar-refractivity contribution >= 4 is 15.7 Å². The molecule has 0 bridgehead atoms. The van der Waals surface area contributed by atoms with Crippen molar-refractivity contribution in [3.05, 3.63) is 24.3 Å². The summed E-state index contributed by atoms with van der Waals surface area (Å²) in [5.41, 5.74) is 0.673. The molecule has 0 spiro atoms. The highest BCUT2D eigenvalue weighted by atomic mass is 32.2. The number of sulfonamides is 1. The number of nitrogens with one attached hydrogen (secondary N) is 3. The van der Waals surface area contributed by atoms with Crippen LogP contribution in [0.4, 0.5) is 5.69 Å². The van der Waals surface area contributed by atoms with Crippen LogP contribution in [-0.2, 0) is 10.0 Å². The Morgan fingerprint density at radius 1 is 1.39 bits per heavy atom. The molecule has 1 fully saturated rings. The van der Waals surface area contributed by atoms with E-state index in [1.807, 2.05) is 12.1 Å². The number of benzene rings is 1. The van der Waals surface area contributed by atoms with E-state index in [9.17, 15) is 8.42 Å². The van der Waals surface area contributed by atoms with Crippen LogP contribution < -0.4 is 15.4 Å². The molecule has 0 radical (unpaired) electrons. The summed E-state index contributed by atoms with van der Waals surface area (Å²) in [5.74, 6) is 0. The highest BCUT2D eigenvalue weighted by molar-refractivity contribution is 7.89. The van der Waals surface area contributed by atoms with Gasteiger partial charge in [0.2, 0.25) is 10.0 Å². The zero-order chi connectivity index (χ0) is 13.0. The summed E-state index contributed by atoms with van der Waals surface area (Å²) < 4.78 is 26.6. The molecule has 18 heavy (non-hydrogen) atoms. The third-order valence-electron chi connectivity index (χ3n) is 2.93. The normalized spacial score (nSPS) is 19.9. The molecule has 2 rings (SSSR count). The van der Waals surface area contributed by atoms with Crippen LogP contribution in [0.15, 0.2) is 29.2 Å².